The van der Waals surface area contributed by atoms with Gasteiger partial charge in [-0.2, -0.15) is 4.98 Å². The van der Waals surface area contributed by atoms with Crippen LogP contribution < -0.4 is 9.46 Å². The molecule has 0 spiro atoms. The molecule has 0 bridgehead atoms. The number of sulfonamides is 1. The Balaban J connectivity index is 2.11. The number of nitrogens with one attached hydrogen (secondary N) is 1. The Bertz CT molecular complexity index is 730. The molecule has 0 saturated carbocycles. The summed E-state index contributed by atoms with van der Waals surface area (Å²) in [6.45, 7) is 1.62. The monoisotopic (exact) mass is 309 g/mol. The van der Waals surface area contributed by atoms with Crippen LogP contribution in [0.1, 0.15) is 11.3 Å². The van der Waals surface area contributed by atoms with Crippen molar-refractivity contribution in [2.45, 2.75) is 13.5 Å². The summed E-state index contributed by atoms with van der Waals surface area (Å²) in [6.07, 6.45) is 2.58. The van der Waals surface area contributed by atoms with E-state index >= 15 is 0 Å². The first kappa shape index (κ1) is 15.2. The summed E-state index contributed by atoms with van der Waals surface area (Å²) >= 11 is 0. The molecule has 0 radical (unpaired) electrons. The third kappa shape index (κ3) is 4.40. The first-order valence-electron chi connectivity index (χ1n) is 6.06. The van der Waals surface area contributed by atoms with E-state index in [4.69, 9.17) is 9.84 Å². The number of hydrogen-bond acceptors (Lipinski definition) is 6. The molecule has 0 saturated heterocycles. The maximum Gasteiger partial charge on any atom is 0.322 e. The summed E-state index contributed by atoms with van der Waals surface area (Å²) in [5.41, 5.74) is 1.71. The van der Waals surface area contributed by atoms with E-state index in [9.17, 15) is 8.42 Å². The van der Waals surface area contributed by atoms with Crippen LogP contribution in [-0.2, 0) is 16.6 Å². The first-order valence-corrected chi connectivity index (χ1v) is 7.95. The van der Waals surface area contributed by atoms with Crippen LogP contribution in [0.4, 0.5) is 5.69 Å². The fraction of sp³-hybridized carbons (Fsp3) is 0.231. The minimum atomic E-state index is -3.30. The highest BCUT2D eigenvalue weighted by Gasteiger charge is 2.06. The molecule has 8 heteroatoms. The number of anilines is 1. The fourth-order valence-corrected chi connectivity index (χ4v) is 2.15. The van der Waals surface area contributed by atoms with E-state index in [0.29, 0.717) is 22.7 Å². The van der Waals surface area contributed by atoms with E-state index < -0.39 is 10.0 Å². The van der Waals surface area contributed by atoms with Crippen molar-refractivity contribution in [3.63, 3.8) is 0 Å². The molecule has 0 aliphatic rings. The molecule has 1 aromatic carbocycles. The minimum Gasteiger partial charge on any atom is -0.424 e. The van der Waals surface area contributed by atoms with Crippen LogP contribution in [0.2, 0.25) is 0 Å². The summed E-state index contributed by atoms with van der Waals surface area (Å²) in [4.78, 5) is 8.10. The van der Waals surface area contributed by atoms with Gasteiger partial charge in [0.15, 0.2) is 0 Å². The maximum atomic E-state index is 11.1. The minimum absolute atomic E-state index is 0.127. The number of aryl methyl sites for hydroxylation is 1. The van der Waals surface area contributed by atoms with Gasteiger partial charge in [0.2, 0.25) is 10.0 Å². The van der Waals surface area contributed by atoms with Gasteiger partial charge in [0, 0.05) is 17.4 Å². The van der Waals surface area contributed by atoms with E-state index in [-0.39, 0.29) is 12.6 Å². The molecule has 0 unspecified atom stereocenters. The molecule has 7 nitrogen and oxygen atoms in total. The van der Waals surface area contributed by atoms with Crippen molar-refractivity contribution in [2.24, 2.45) is 0 Å². The molecule has 0 fully saturated rings. The fourth-order valence-electron chi connectivity index (χ4n) is 1.59. The standard InChI is InChI=1S/C13H15N3O4S/c1-9-10(8-17)7-14-13(15-9)20-12-5-3-11(4-6-12)16-21(2,18)19/h3-7,16-17H,8H2,1-2H3. The third-order valence-electron chi connectivity index (χ3n) is 2.60. The number of aliphatic hydroxyl groups excluding tert-OH is 1. The lowest BCUT2D eigenvalue weighted by molar-refractivity contribution is 0.279. The van der Waals surface area contributed by atoms with Gasteiger partial charge in [0.05, 0.1) is 18.6 Å². The number of aromatic nitrogens is 2. The second-order valence-electron chi connectivity index (χ2n) is 4.42. The lowest BCUT2D eigenvalue weighted by Gasteiger charge is -2.07. The van der Waals surface area contributed by atoms with Crippen LogP contribution in [0.15, 0.2) is 30.5 Å². The third-order valence-corrected chi connectivity index (χ3v) is 3.20. The van der Waals surface area contributed by atoms with E-state index in [2.05, 4.69) is 14.7 Å². The molecule has 112 valence electrons. The van der Waals surface area contributed by atoms with Crippen molar-refractivity contribution in [3.8, 4) is 11.8 Å². The second kappa shape index (κ2) is 6.06. The normalized spacial score (nSPS) is 11.2. The van der Waals surface area contributed by atoms with Gasteiger partial charge in [-0.05, 0) is 31.2 Å². The summed E-state index contributed by atoms with van der Waals surface area (Å²) < 4.78 is 30.0. The number of aliphatic hydroxyl groups is 1. The van der Waals surface area contributed by atoms with Crippen molar-refractivity contribution in [1.29, 1.82) is 0 Å². The van der Waals surface area contributed by atoms with E-state index in [1.165, 1.54) is 6.20 Å². The van der Waals surface area contributed by atoms with Gasteiger partial charge in [-0.3, -0.25) is 4.72 Å². The van der Waals surface area contributed by atoms with Gasteiger partial charge >= 0.3 is 6.01 Å². The van der Waals surface area contributed by atoms with Gasteiger partial charge in [-0.15, -0.1) is 0 Å². The van der Waals surface area contributed by atoms with Crippen LogP contribution >= 0.6 is 0 Å². The molecule has 0 aliphatic carbocycles. The van der Waals surface area contributed by atoms with Crippen LogP contribution in [0.25, 0.3) is 0 Å². The predicted octanol–water partition coefficient (Wildman–Crippen LogP) is 1.44. The average Bonchev–Trinajstić information content (AvgIpc) is 2.40. The maximum absolute atomic E-state index is 11.1. The second-order valence-corrected chi connectivity index (χ2v) is 6.17. The number of nitrogens with zero attached hydrogens (tertiary/aromatic N) is 2. The lowest BCUT2D eigenvalue weighted by atomic mass is 10.3. The SMILES string of the molecule is Cc1nc(Oc2ccc(NS(C)(=O)=O)cc2)ncc1CO. The molecular formula is C13H15N3O4S. The highest BCUT2D eigenvalue weighted by atomic mass is 32.2. The largest absolute Gasteiger partial charge is 0.424 e. The van der Waals surface area contributed by atoms with Crippen molar-refractivity contribution < 1.29 is 18.3 Å². The highest BCUT2D eigenvalue weighted by molar-refractivity contribution is 7.92. The number of rotatable bonds is 5. The van der Waals surface area contributed by atoms with Gasteiger partial charge in [0.1, 0.15) is 5.75 Å². The molecule has 2 rings (SSSR count). The predicted molar refractivity (Wildman–Crippen MR) is 77.7 cm³/mol. The van der Waals surface area contributed by atoms with Crippen LogP contribution in [-0.4, -0.2) is 29.7 Å². The molecule has 0 atom stereocenters. The van der Waals surface area contributed by atoms with Crippen LogP contribution in [0.3, 0.4) is 0 Å². The molecule has 1 aromatic heterocycles. The number of benzene rings is 1. The summed E-state index contributed by atoms with van der Waals surface area (Å²) in [5.74, 6) is 0.477. The Kier molecular flexibility index (Phi) is 4.39. The van der Waals surface area contributed by atoms with Crippen LogP contribution in [0.5, 0.6) is 11.8 Å². The molecular weight excluding hydrogens is 294 g/mol. The zero-order chi connectivity index (χ0) is 15.5. The molecule has 1 heterocycles. The Hall–Kier alpha value is -2.19. The zero-order valence-corrected chi connectivity index (χ0v) is 12.4. The summed E-state index contributed by atoms with van der Waals surface area (Å²) in [6, 6.07) is 6.52. The Morgan fingerprint density at radius 1 is 1.29 bits per heavy atom. The van der Waals surface area contributed by atoms with E-state index in [1.807, 2.05) is 0 Å². The van der Waals surface area contributed by atoms with E-state index in [0.717, 1.165) is 6.26 Å². The lowest BCUT2D eigenvalue weighted by Crippen LogP contribution is -2.09. The molecule has 2 aromatic rings. The van der Waals surface area contributed by atoms with Gasteiger partial charge in [0.25, 0.3) is 0 Å². The Morgan fingerprint density at radius 3 is 2.48 bits per heavy atom. The number of ether oxygens (including phenoxy) is 1. The number of hydrogen-bond donors (Lipinski definition) is 2. The zero-order valence-electron chi connectivity index (χ0n) is 11.6. The first-order chi connectivity index (χ1) is 9.87. The van der Waals surface area contributed by atoms with Crippen molar-refractivity contribution in [3.05, 3.63) is 41.7 Å². The molecule has 0 aliphatic heterocycles. The van der Waals surface area contributed by atoms with Gasteiger partial charge < -0.3 is 9.84 Å². The van der Waals surface area contributed by atoms with Gasteiger partial charge in [-0.25, -0.2) is 13.4 Å². The molecule has 0 amide bonds. The molecule has 21 heavy (non-hydrogen) atoms. The Labute approximate surface area is 122 Å². The smallest absolute Gasteiger partial charge is 0.322 e. The summed E-state index contributed by atoms with van der Waals surface area (Å²) in [5, 5.41) is 9.05. The van der Waals surface area contributed by atoms with Crippen molar-refractivity contribution >= 4 is 15.7 Å². The summed E-state index contributed by atoms with van der Waals surface area (Å²) in [7, 11) is -3.30. The van der Waals surface area contributed by atoms with Crippen molar-refractivity contribution in [1.82, 2.24) is 9.97 Å². The topological polar surface area (TPSA) is 101 Å². The quantitative estimate of drug-likeness (QED) is 0.866. The molecule has 2 N–H and O–H groups in total. The Morgan fingerprint density at radius 2 is 1.95 bits per heavy atom. The van der Waals surface area contributed by atoms with Crippen molar-refractivity contribution in [2.75, 3.05) is 11.0 Å². The average molecular weight is 309 g/mol. The van der Waals surface area contributed by atoms with Gasteiger partial charge in [-0.1, -0.05) is 0 Å². The highest BCUT2D eigenvalue weighted by Crippen LogP contribution is 2.21. The van der Waals surface area contributed by atoms with Crippen LogP contribution in [0, 0.1) is 6.92 Å². The van der Waals surface area contributed by atoms with E-state index in [1.54, 1.807) is 31.2 Å².